The number of thiophene rings is 1. The lowest BCUT2D eigenvalue weighted by molar-refractivity contribution is -0.140. The van der Waals surface area contributed by atoms with Crippen LogP contribution in [-0.4, -0.2) is 13.2 Å². The Bertz CT molecular complexity index is 1110. The molecule has 0 saturated carbocycles. The Morgan fingerprint density at radius 1 is 1.10 bits per heavy atom. The van der Waals surface area contributed by atoms with E-state index in [1.807, 2.05) is 24.3 Å². The summed E-state index contributed by atoms with van der Waals surface area (Å²) >= 11 is 4.96. The molecule has 2 aromatic carbocycles. The van der Waals surface area contributed by atoms with E-state index in [0.29, 0.717) is 15.4 Å². The molecule has 3 nitrogen and oxygen atoms in total. The molecule has 0 bridgehead atoms. The van der Waals surface area contributed by atoms with Crippen molar-refractivity contribution in [2.24, 2.45) is 0 Å². The van der Waals surface area contributed by atoms with E-state index in [1.54, 1.807) is 13.8 Å². The molecule has 31 heavy (non-hydrogen) atoms. The Hall–Kier alpha value is -1.25. The zero-order chi connectivity index (χ0) is 22.8. The molecule has 1 unspecified atom stereocenters. The fraction of sp³-hybridized carbons (Fsp3) is 0.333. The predicted octanol–water partition coefficient (Wildman–Crippen LogP) is 8.37. The van der Waals surface area contributed by atoms with Crippen molar-refractivity contribution in [1.29, 1.82) is 0 Å². The van der Waals surface area contributed by atoms with Crippen LogP contribution >= 0.6 is 34.9 Å². The van der Waals surface area contributed by atoms with Gasteiger partial charge in [-0.25, -0.2) is 4.39 Å². The number of hydrogen-bond acceptors (Lipinski definition) is 4. The van der Waals surface area contributed by atoms with Gasteiger partial charge in [0.1, 0.15) is 11.5 Å². The molecule has 0 aliphatic carbocycles. The standard InChI is InChI=1S/C21H20BrF4O3PS/c1-3-28-30(27,29-4-2)17(20-19(22)14-7-5-6-8-18(14)31-20)12-13-9-10-15(16(23)11-13)21(24,25)26/h5-11,17H,3-4,12H2,1-2H3. The highest BCUT2D eigenvalue weighted by atomic mass is 79.9. The van der Waals surface area contributed by atoms with Crippen molar-refractivity contribution >= 4 is 44.9 Å². The zero-order valence-corrected chi connectivity index (χ0v) is 20.0. The van der Waals surface area contributed by atoms with Crippen LogP contribution in [0.3, 0.4) is 0 Å². The lowest BCUT2D eigenvalue weighted by Crippen LogP contribution is -2.11. The van der Waals surface area contributed by atoms with Crippen LogP contribution < -0.4 is 0 Å². The van der Waals surface area contributed by atoms with E-state index in [9.17, 15) is 22.1 Å². The maximum Gasteiger partial charge on any atom is 0.419 e. The Labute approximate surface area is 190 Å². The Morgan fingerprint density at radius 3 is 2.29 bits per heavy atom. The molecule has 1 heterocycles. The maximum atomic E-state index is 14.2. The van der Waals surface area contributed by atoms with E-state index >= 15 is 0 Å². The first-order valence-electron chi connectivity index (χ1n) is 9.52. The average Bonchev–Trinajstić information content (AvgIpc) is 3.02. The summed E-state index contributed by atoms with van der Waals surface area (Å²) in [5.74, 6) is -1.37. The van der Waals surface area contributed by atoms with Crippen molar-refractivity contribution in [1.82, 2.24) is 0 Å². The van der Waals surface area contributed by atoms with E-state index in [-0.39, 0.29) is 25.2 Å². The maximum absolute atomic E-state index is 14.2. The van der Waals surface area contributed by atoms with Gasteiger partial charge in [-0.2, -0.15) is 13.2 Å². The third-order valence-electron chi connectivity index (χ3n) is 4.63. The Kier molecular flexibility index (Phi) is 7.64. The summed E-state index contributed by atoms with van der Waals surface area (Å²) in [6.07, 6.45) is -4.81. The molecule has 168 valence electrons. The highest BCUT2D eigenvalue weighted by molar-refractivity contribution is 9.10. The van der Waals surface area contributed by atoms with Crippen LogP contribution in [0.15, 0.2) is 46.9 Å². The lowest BCUT2D eigenvalue weighted by atomic mass is 10.1. The molecule has 0 amide bonds. The summed E-state index contributed by atoms with van der Waals surface area (Å²) in [6, 6.07) is 10.3. The lowest BCUT2D eigenvalue weighted by Gasteiger charge is -2.26. The number of rotatable bonds is 8. The van der Waals surface area contributed by atoms with Gasteiger partial charge >= 0.3 is 13.8 Å². The van der Waals surface area contributed by atoms with Crippen LogP contribution in [0.2, 0.25) is 0 Å². The highest BCUT2D eigenvalue weighted by Crippen LogP contribution is 2.64. The highest BCUT2D eigenvalue weighted by Gasteiger charge is 2.40. The van der Waals surface area contributed by atoms with Gasteiger partial charge in [-0.05, 0) is 60.0 Å². The zero-order valence-electron chi connectivity index (χ0n) is 16.7. The van der Waals surface area contributed by atoms with Crippen molar-refractivity contribution in [3.63, 3.8) is 0 Å². The van der Waals surface area contributed by atoms with Gasteiger partial charge in [-0.1, -0.05) is 24.3 Å². The van der Waals surface area contributed by atoms with E-state index in [4.69, 9.17) is 9.05 Å². The number of benzene rings is 2. The quantitative estimate of drug-likeness (QED) is 0.213. The summed E-state index contributed by atoms with van der Waals surface area (Å²) in [7, 11) is -3.72. The summed E-state index contributed by atoms with van der Waals surface area (Å²) in [5, 5.41) is 0.908. The van der Waals surface area contributed by atoms with Crippen LogP contribution in [0, 0.1) is 5.82 Å². The van der Waals surface area contributed by atoms with E-state index in [0.717, 1.165) is 16.2 Å². The van der Waals surface area contributed by atoms with Crippen molar-refractivity contribution < 1.29 is 31.2 Å². The summed E-state index contributed by atoms with van der Waals surface area (Å²) in [5.41, 5.74) is -1.90. The first-order valence-corrected chi connectivity index (χ1v) is 12.7. The molecule has 1 aromatic heterocycles. The topological polar surface area (TPSA) is 35.5 Å². The molecule has 0 fully saturated rings. The molecule has 0 saturated heterocycles. The molecule has 0 aliphatic heterocycles. The predicted molar refractivity (Wildman–Crippen MR) is 118 cm³/mol. The molecule has 3 aromatic rings. The van der Waals surface area contributed by atoms with Crippen molar-refractivity contribution in [2.45, 2.75) is 32.1 Å². The van der Waals surface area contributed by atoms with E-state index in [2.05, 4.69) is 15.9 Å². The van der Waals surface area contributed by atoms with Crippen molar-refractivity contribution in [2.75, 3.05) is 13.2 Å². The van der Waals surface area contributed by atoms with E-state index in [1.165, 1.54) is 17.4 Å². The van der Waals surface area contributed by atoms with Gasteiger partial charge in [-0.15, -0.1) is 11.3 Å². The van der Waals surface area contributed by atoms with Crippen LogP contribution in [0.1, 0.15) is 35.5 Å². The third-order valence-corrected chi connectivity index (χ3v) is 9.65. The SMILES string of the molecule is CCOP(=O)(OCC)C(Cc1ccc(C(F)(F)F)c(F)c1)c1sc2ccccc2c1Br. The minimum absolute atomic E-state index is 0.0161. The molecule has 0 spiro atoms. The molecule has 0 N–H and O–H groups in total. The Morgan fingerprint density at radius 2 is 1.74 bits per heavy atom. The molecule has 3 rings (SSSR count). The second-order valence-electron chi connectivity index (χ2n) is 6.68. The molecular formula is C21H20BrF4O3PS. The summed E-state index contributed by atoms with van der Waals surface area (Å²) in [4.78, 5) is 0.673. The van der Waals surface area contributed by atoms with Crippen molar-refractivity contribution in [3.05, 3.63) is 68.8 Å². The minimum atomic E-state index is -4.79. The van der Waals surface area contributed by atoms with Gasteiger partial charge < -0.3 is 9.05 Å². The molecule has 0 radical (unpaired) electrons. The number of fused-ring (bicyclic) bond motifs is 1. The normalized spacial score (nSPS) is 13.6. The second-order valence-corrected chi connectivity index (χ2v) is 10.8. The van der Waals surface area contributed by atoms with Gasteiger partial charge in [0.2, 0.25) is 0 Å². The number of halogens is 5. The first kappa shape index (κ1) is 24.4. The van der Waals surface area contributed by atoms with Crippen LogP contribution in [0.25, 0.3) is 10.1 Å². The molecule has 1 atom stereocenters. The van der Waals surface area contributed by atoms with Crippen molar-refractivity contribution in [3.8, 4) is 0 Å². The van der Waals surface area contributed by atoms with Crippen LogP contribution in [0.4, 0.5) is 17.6 Å². The second kappa shape index (κ2) is 9.71. The molecule has 0 aliphatic rings. The van der Waals surface area contributed by atoms with Crippen LogP contribution in [-0.2, 0) is 26.2 Å². The number of alkyl halides is 3. The average molecular weight is 539 g/mol. The summed E-state index contributed by atoms with van der Waals surface area (Å²) in [6.45, 7) is 3.61. The third kappa shape index (κ3) is 5.22. The van der Waals surface area contributed by atoms with Gasteiger partial charge in [0.15, 0.2) is 0 Å². The molecular weight excluding hydrogens is 519 g/mol. The fourth-order valence-electron chi connectivity index (χ4n) is 3.31. The first-order chi connectivity index (χ1) is 14.6. The number of hydrogen-bond donors (Lipinski definition) is 0. The molecule has 10 heteroatoms. The Balaban J connectivity index is 2.11. The largest absolute Gasteiger partial charge is 0.419 e. The fourth-order valence-corrected chi connectivity index (χ4v) is 8.12. The van der Waals surface area contributed by atoms with Gasteiger partial charge in [0, 0.05) is 19.4 Å². The van der Waals surface area contributed by atoms with Gasteiger partial charge in [0.25, 0.3) is 0 Å². The van der Waals surface area contributed by atoms with E-state index < -0.39 is 30.8 Å². The monoisotopic (exact) mass is 538 g/mol. The summed E-state index contributed by atoms with van der Waals surface area (Å²) < 4.78 is 79.5. The van der Waals surface area contributed by atoms with Crippen LogP contribution in [0.5, 0.6) is 0 Å². The smallest absolute Gasteiger partial charge is 0.308 e. The van der Waals surface area contributed by atoms with Gasteiger partial charge in [0.05, 0.1) is 18.8 Å². The van der Waals surface area contributed by atoms with Gasteiger partial charge in [-0.3, -0.25) is 4.57 Å². The minimum Gasteiger partial charge on any atom is -0.308 e.